The third-order valence-electron chi connectivity index (χ3n) is 6.24. The lowest BCUT2D eigenvalue weighted by atomic mass is 10.1. The van der Waals surface area contributed by atoms with Crippen LogP contribution in [0, 0.1) is 11.8 Å². The summed E-state index contributed by atoms with van der Waals surface area (Å²) in [6.45, 7) is 4.19. The summed E-state index contributed by atoms with van der Waals surface area (Å²) in [5.41, 5.74) is 0.824. The molecule has 0 radical (unpaired) electrons. The van der Waals surface area contributed by atoms with E-state index in [1.165, 1.54) is 0 Å². The smallest absolute Gasteiger partial charge is 0.282 e. The maximum absolute atomic E-state index is 13.3. The number of carbonyl (C=O) groups excluding carboxylic acids is 1. The van der Waals surface area contributed by atoms with Gasteiger partial charge in [0.25, 0.3) is 11.8 Å². The zero-order valence-corrected chi connectivity index (χ0v) is 16.2. The second-order valence-electron chi connectivity index (χ2n) is 8.34. The number of thioether (sulfide) groups is 1. The summed E-state index contributed by atoms with van der Waals surface area (Å²) in [6.07, 6.45) is 2.24. The number of amides is 1. The summed E-state index contributed by atoms with van der Waals surface area (Å²) in [5, 5.41) is 3.67. The van der Waals surface area contributed by atoms with Crippen LogP contribution in [0.1, 0.15) is 37.2 Å². The van der Waals surface area contributed by atoms with Crippen molar-refractivity contribution < 1.29 is 18.3 Å². The SMILES string of the molecule is CC1SC12C(C)C2NC(=O)c1ccc(N2CC(F)(F)C2)c(OCC2CC2)n1. The van der Waals surface area contributed by atoms with E-state index in [4.69, 9.17) is 4.74 Å². The van der Waals surface area contributed by atoms with E-state index in [9.17, 15) is 13.6 Å². The van der Waals surface area contributed by atoms with Crippen LogP contribution in [0.2, 0.25) is 0 Å². The molecule has 1 amide bonds. The lowest BCUT2D eigenvalue weighted by Crippen LogP contribution is -2.56. The summed E-state index contributed by atoms with van der Waals surface area (Å²) in [5.74, 6) is -1.62. The molecule has 8 heteroatoms. The minimum Gasteiger partial charge on any atom is -0.476 e. The number of alkyl halides is 2. The number of carbonyl (C=O) groups is 1. The molecule has 4 fully saturated rings. The first-order valence-corrected chi connectivity index (χ1v) is 10.4. The third kappa shape index (κ3) is 2.96. The highest BCUT2D eigenvalue weighted by molar-refractivity contribution is 8.09. The first kappa shape index (κ1) is 17.5. The average Bonchev–Trinajstić information content (AvgIpc) is 3.52. The Morgan fingerprint density at radius 2 is 2.07 bits per heavy atom. The molecule has 4 atom stereocenters. The molecular formula is C19H23F2N3O2S. The van der Waals surface area contributed by atoms with Gasteiger partial charge < -0.3 is 15.0 Å². The molecule has 1 N–H and O–H groups in total. The van der Waals surface area contributed by atoms with E-state index in [-0.39, 0.29) is 41.4 Å². The van der Waals surface area contributed by atoms with Crippen molar-refractivity contribution in [3.05, 3.63) is 17.8 Å². The van der Waals surface area contributed by atoms with Gasteiger partial charge in [-0.05, 0) is 36.8 Å². The van der Waals surface area contributed by atoms with E-state index < -0.39 is 5.92 Å². The molecule has 27 heavy (non-hydrogen) atoms. The number of rotatable bonds is 6. The third-order valence-corrected chi connectivity index (χ3v) is 8.12. The number of halogens is 2. The molecule has 2 aliphatic carbocycles. The lowest BCUT2D eigenvalue weighted by Gasteiger charge is -2.40. The molecule has 2 saturated heterocycles. The van der Waals surface area contributed by atoms with Crippen LogP contribution < -0.4 is 15.0 Å². The molecule has 0 bridgehead atoms. The minimum absolute atomic E-state index is 0.177. The van der Waals surface area contributed by atoms with Gasteiger partial charge in [-0.15, -0.1) is 11.8 Å². The predicted molar refractivity (Wildman–Crippen MR) is 99.8 cm³/mol. The van der Waals surface area contributed by atoms with Crippen LogP contribution in [0.5, 0.6) is 5.88 Å². The zero-order chi connectivity index (χ0) is 19.0. The molecule has 0 aromatic carbocycles. The molecule has 1 spiro atoms. The summed E-state index contributed by atoms with van der Waals surface area (Å²) >= 11 is 1.91. The quantitative estimate of drug-likeness (QED) is 0.751. The molecule has 5 nitrogen and oxygen atoms in total. The monoisotopic (exact) mass is 395 g/mol. The van der Waals surface area contributed by atoms with Crippen LogP contribution in [-0.2, 0) is 0 Å². The van der Waals surface area contributed by atoms with Gasteiger partial charge in [0.2, 0.25) is 5.88 Å². The number of nitrogens with one attached hydrogen (secondary N) is 1. The van der Waals surface area contributed by atoms with Gasteiger partial charge in [0.15, 0.2) is 0 Å². The maximum Gasteiger partial charge on any atom is 0.282 e. The van der Waals surface area contributed by atoms with Crippen LogP contribution in [0.4, 0.5) is 14.5 Å². The zero-order valence-electron chi connectivity index (χ0n) is 15.4. The fraction of sp³-hybridized carbons (Fsp3) is 0.684. The fourth-order valence-electron chi connectivity index (χ4n) is 4.16. The van der Waals surface area contributed by atoms with Gasteiger partial charge in [0, 0.05) is 11.3 Å². The Kier molecular flexibility index (Phi) is 3.71. The number of aromatic nitrogens is 1. The number of nitrogens with zero attached hydrogens (tertiary/aromatic N) is 2. The minimum atomic E-state index is -2.67. The Labute approximate surface area is 161 Å². The molecule has 4 aliphatic rings. The molecular weight excluding hydrogens is 372 g/mol. The summed E-state index contributed by atoms with van der Waals surface area (Å²) < 4.78 is 32.6. The standard InChI is InChI=1S/C19H23F2N3O2S/c1-10-15(19(10)11(2)27-19)23-16(25)13-5-6-14(24-8-18(20,21)9-24)17(22-13)26-7-12-3-4-12/h5-6,10-12,15H,3-4,7-9H2,1-2H3,(H,23,25). The molecule has 146 valence electrons. The molecule has 1 aromatic rings. The van der Waals surface area contributed by atoms with E-state index in [1.807, 2.05) is 11.8 Å². The van der Waals surface area contributed by atoms with E-state index in [0.29, 0.717) is 29.4 Å². The van der Waals surface area contributed by atoms with Crippen LogP contribution in [-0.4, -0.2) is 52.5 Å². The van der Waals surface area contributed by atoms with Crippen molar-refractivity contribution in [2.45, 2.75) is 48.7 Å². The highest BCUT2D eigenvalue weighted by atomic mass is 32.2. The van der Waals surface area contributed by atoms with Crippen molar-refractivity contribution in [2.24, 2.45) is 11.8 Å². The lowest BCUT2D eigenvalue weighted by molar-refractivity contribution is -0.0265. The van der Waals surface area contributed by atoms with Crippen LogP contribution >= 0.6 is 11.8 Å². The summed E-state index contributed by atoms with van der Waals surface area (Å²) in [4.78, 5) is 18.6. The van der Waals surface area contributed by atoms with Crippen molar-refractivity contribution in [2.75, 3.05) is 24.6 Å². The van der Waals surface area contributed by atoms with Crippen molar-refractivity contribution in [1.82, 2.24) is 10.3 Å². The van der Waals surface area contributed by atoms with Gasteiger partial charge in [-0.1, -0.05) is 13.8 Å². The van der Waals surface area contributed by atoms with Gasteiger partial charge in [-0.3, -0.25) is 4.79 Å². The Morgan fingerprint density at radius 3 is 2.63 bits per heavy atom. The van der Waals surface area contributed by atoms with Gasteiger partial charge in [-0.2, -0.15) is 0 Å². The first-order valence-electron chi connectivity index (χ1n) is 9.55. The van der Waals surface area contributed by atoms with Crippen molar-refractivity contribution in [3.8, 4) is 5.88 Å². The van der Waals surface area contributed by atoms with Gasteiger partial charge in [0.05, 0.1) is 24.4 Å². The van der Waals surface area contributed by atoms with Gasteiger partial charge >= 0.3 is 0 Å². The second-order valence-corrected chi connectivity index (χ2v) is 9.99. The Bertz CT molecular complexity index is 795. The number of ether oxygens (including phenoxy) is 1. The normalized spacial score (nSPS) is 35.6. The Balaban J connectivity index is 1.32. The number of pyridine rings is 1. The van der Waals surface area contributed by atoms with E-state index in [1.54, 1.807) is 17.0 Å². The summed E-state index contributed by atoms with van der Waals surface area (Å²) in [6, 6.07) is 3.46. The topological polar surface area (TPSA) is 54.5 Å². The van der Waals surface area contributed by atoms with Crippen molar-refractivity contribution >= 4 is 23.4 Å². The summed E-state index contributed by atoms with van der Waals surface area (Å²) in [7, 11) is 0. The Morgan fingerprint density at radius 1 is 1.37 bits per heavy atom. The number of hydrogen-bond acceptors (Lipinski definition) is 5. The fourth-order valence-corrected chi connectivity index (χ4v) is 5.75. The number of hydrogen-bond donors (Lipinski definition) is 1. The maximum atomic E-state index is 13.3. The molecule has 3 heterocycles. The van der Waals surface area contributed by atoms with Crippen molar-refractivity contribution in [3.63, 3.8) is 0 Å². The van der Waals surface area contributed by atoms with E-state index in [0.717, 1.165) is 12.8 Å². The van der Waals surface area contributed by atoms with Gasteiger partial charge in [-0.25, -0.2) is 13.8 Å². The van der Waals surface area contributed by atoms with Crippen LogP contribution in [0.15, 0.2) is 12.1 Å². The van der Waals surface area contributed by atoms with E-state index >= 15 is 0 Å². The average molecular weight is 395 g/mol. The molecule has 5 rings (SSSR count). The second kappa shape index (κ2) is 5.72. The largest absolute Gasteiger partial charge is 0.476 e. The highest BCUT2D eigenvalue weighted by Crippen LogP contribution is 2.72. The first-order chi connectivity index (χ1) is 12.8. The molecule has 1 aromatic heterocycles. The van der Waals surface area contributed by atoms with Crippen molar-refractivity contribution in [1.29, 1.82) is 0 Å². The molecule has 2 aliphatic heterocycles. The number of anilines is 1. The molecule has 4 unspecified atom stereocenters. The van der Waals surface area contributed by atoms with E-state index in [2.05, 4.69) is 24.1 Å². The van der Waals surface area contributed by atoms with Gasteiger partial charge in [0.1, 0.15) is 11.4 Å². The Hall–Kier alpha value is -1.57. The highest BCUT2D eigenvalue weighted by Gasteiger charge is 2.76. The van der Waals surface area contributed by atoms with Crippen LogP contribution in [0.25, 0.3) is 0 Å². The predicted octanol–water partition coefficient (Wildman–Crippen LogP) is 2.95. The molecule has 2 saturated carbocycles. The van der Waals surface area contributed by atoms with Crippen LogP contribution in [0.3, 0.4) is 0 Å².